The van der Waals surface area contributed by atoms with Gasteiger partial charge in [-0.15, -0.1) is 0 Å². The van der Waals surface area contributed by atoms with Gasteiger partial charge in [0.1, 0.15) is 0 Å². The van der Waals surface area contributed by atoms with Crippen LogP contribution < -0.4 is 0 Å². The number of hydrogen-bond acceptors (Lipinski definition) is 0. The maximum absolute atomic E-state index is 3.41. The number of rotatable bonds is 6. The molecule has 0 saturated carbocycles. The van der Waals surface area contributed by atoms with Gasteiger partial charge in [0, 0.05) is 5.33 Å². The van der Waals surface area contributed by atoms with Crippen molar-refractivity contribution < 1.29 is 0 Å². The smallest absolute Gasteiger partial charge is 0.00314 e. The minimum Gasteiger partial charge on any atom is -0.0928 e. The van der Waals surface area contributed by atoms with Crippen LogP contribution in [-0.2, 0) is 0 Å². The lowest BCUT2D eigenvalue weighted by molar-refractivity contribution is 0.827. The van der Waals surface area contributed by atoms with E-state index >= 15 is 0 Å². The van der Waals surface area contributed by atoms with E-state index in [9.17, 15) is 0 Å². The first kappa shape index (κ1) is 11.0. The van der Waals surface area contributed by atoms with E-state index in [1.54, 1.807) is 0 Å². The highest BCUT2D eigenvalue weighted by atomic mass is 79.9. The van der Waals surface area contributed by atoms with E-state index in [-0.39, 0.29) is 0 Å². The van der Waals surface area contributed by atoms with E-state index in [0.717, 1.165) is 11.8 Å². The van der Waals surface area contributed by atoms with Gasteiger partial charge in [-0.25, -0.2) is 0 Å². The fraction of sp³-hybridized carbons (Fsp3) is 0.600. The largest absolute Gasteiger partial charge is 0.0928 e. The van der Waals surface area contributed by atoms with Crippen molar-refractivity contribution in [3.63, 3.8) is 0 Å². The molecule has 0 aromatic carbocycles. The second kappa shape index (κ2) is 9.96. The molecule has 0 fully saturated rings. The molecule has 64 valence electrons. The highest BCUT2D eigenvalue weighted by molar-refractivity contribution is 9.09. The zero-order chi connectivity index (χ0) is 8.36. The summed E-state index contributed by atoms with van der Waals surface area (Å²) in [4.78, 5) is 0. The highest BCUT2D eigenvalue weighted by Gasteiger charge is 1.80. The van der Waals surface area contributed by atoms with Crippen LogP contribution in [0.2, 0.25) is 0 Å². The Bertz CT molecular complexity index is 114. The Labute approximate surface area is 78.5 Å². The van der Waals surface area contributed by atoms with Crippen LogP contribution in [0, 0.1) is 0 Å². The number of allylic oxidation sites excluding steroid dienone is 4. The third-order valence-corrected chi connectivity index (χ3v) is 1.93. The Morgan fingerprint density at radius 2 is 1.82 bits per heavy atom. The Morgan fingerprint density at radius 1 is 1.09 bits per heavy atom. The van der Waals surface area contributed by atoms with Crippen molar-refractivity contribution in [2.75, 3.05) is 5.33 Å². The molecular weight excluding hydrogens is 200 g/mol. The van der Waals surface area contributed by atoms with Gasteiger partial charge in [-0.1, -0.05) is 47.2 Å². The average molecular weight is 217 g/mol. The topological polar surface area (TPSA) is 0 Å². The zero-order valence-corrected chi connectivity index (χ0v) is 8.81. The molecule has 0 heterocycles. The maximum atomic E-state index is 3.41. The highest BCUT2D eigenvalue weighted by Crippen LogP contribution is 1.99. The van der Waals surface area contributed by atoms with E-state index in [1.807, 2.05) is 0 Å². The van der Waals surface area contributed by atoms with Crippen molar-refractivity contribution in [1.29, 1.82) is 0 Å². The molecular formula is C10H17Br. The molecule has 0 spiro atoms. The van der Waals surface area contributed by atoms with Gasteiger partial charge in [-0.05, 0) is 25.7 Å². The summed E-state index contributed by atoms with van der Waals surface area (Å²) in [6.07, 6.45) is 13.6. The predicted molar refractivity (Wildman–Crippen MR) is 56.2 cm³/mol. The lowest BCUT2D eigenvalue weighted by Crippen LogP contribution is -1.72. The minimum absolute atomic E-state index is 1.13. The third-order valence-electron chi connectivity index (χ3n) is 1.37. The van der Waals surface area contributed by atoms with E-state index in [2.05, 4.69) is 47.2 Å². The molecule has 0 rings (SSSR count). The first-order valence-corrected chi connectivity index (χ1v) is 5.41. The number of unbranched alkanes of at least 4 members (excludes halogenated alkanes) is 2. The van der Waals surface area contributed by atoms with Crippen LogP contribution in [0.4, 0.5) is 0 Å². The van der Waals surface area contributed by atoms with Crippen LogP contribution in [0.3, 0.4) is 0 Å². The first-order chi connectivity index (χ1) is 5.41. The normalized spacial score (nSPS) is 11.8. The maximum Gasteiger partial charge on any atom is 0.00314 e. The van der Waals surface area contributed by atoms with Gasteiger partial charge in [-0.2, -0.15) is 0 Å². The van der Waals surface area contributed by atoms with Gasteiger partial charge >= 0.3 is 0 Å². The molecule has 0 aromatic rings. The summed E-state index contributed by atoms with van der Waals surface area (Å²) < 4.78 is 0. The van der Waals surface area contributed by atoms with Crippen LogP contribution in [0.15, 0.2) is 24.3 Å². The van der Waals surface area contributed by atoms with Crippen molar-refractivity contribution in [3.05, 3.63) is 24.3 Å². The quantitative estimate of drug-likeness (QED) is 0.357. The summed E-state index contributed by atoms with van der Waals surface area (Å²) in [5, 5.41) is 1.13. The van der Waals surface area contributed by atoms with Crippen LogP contribution >= 0.6 is 15.9 Å². The summed E-state index contributed by atoms with van der Waals surface area (Å²) in [6, 6.07) is 0. The number of alkyl halides is 1. The van der Waals surface area contributed by atoms with E-state index in [0.29, 0.717) is 0 Å². The molecule has 0 saturated heterocycles. The second-order valence-corrected chi connectivity index (χ2v) is 3.24. The predicted octanol–water partition coefficient (Wildman–Crippen LogP) is 4.07. The van der Waals surface area contributed by atoms with Crippen molar-refractivity contribution in [2.24, 2.45) is 0 Å². The van der Waals surface area contributed by atoms with Gasteiger partial charge in [0.25, 0.3) is 0 Å². The molecule has 0 aromatic heterocycles. The summed E-state index contributed by atoms with van der Waals surface area (Å²) in [6.45, 7) is 2.15. The van der Waals surface area contributed by atoms with Crippen LogP contribution in [0.25, 0.3) is 0 Å². The standard InChI is InChI=1S/C10H17Br/c1-2-3-4-5-6-7-8-9-10-11/h3-6H,2,7-10H2,1H3/b4-3+,6-5-. The van der Waals surface area contributed by atoms with Crippen LogP contribution in [0.5, 0.6) is 0 Å². The van der Waals surface area contributed by atoms with E-state index in [4.69, 9.17) is 0 Å². The molecule has 0 N–H and O–H groups in total. The molecule has 0 amide bonds. The fourth-order valence-corrected chi connectivity index (χ4v) is 1.14. The average Bonchev–Trinajstić information content (AvgIpc) is 2.03. The molecule has 0 nitrogen and oxygen atoms in total. The SMILES string of the molecule is CC/C=C/C=C\CCCCBr. The van der Waals surface area contributed by atoms with Crippen molar-refractivity contribution in [3.8, 4) is 0 Å². The van der Waals surface area contributed by atoms with Gasteiger partial charge in [0.15, 0.2) is 0 Å². The lowest BCUT2D eigenvalue weighted by Gasteiger charge is -1.88. The number of hydrogen-bond donors (Lipinski definition) is 0. The molecule has 0 bridgehead atoms. The molecule has 0 aliphatic rings. The van der Waals surface area contributed by atoms with Gasteiger partial charge in [-0.3, -0.25) is 0 Å². The second-order valence-electron chi connectivity index (χ2n) is 2.45. The van der Waals surface area contributed by atoms with Crippen molar-refractivity contribution in [1.82, 2.24) is 0 Å². The Balaban J connectivity index is 3.09. The van der Waals surface area contributed by atoms with Gasteiger partial charge in [0.05, 0.1) is 0 Å². The summed E-state index contributed by atoms with van der Waals surface area (Å²) in [5.41, 5.74) is 0. The third kappa shape index (κ3) is 9.96. The van der Waals surface area contributed by atoms with Crippen molar-refractivity contribution in [2.45, 2.75) is 32.6 Å². The van der Waals surface area contributed by atoms with Gasteiger partial charge < -0.3 is 0 Å². The Kier molecular flexibility index (Phi) is 9.92. The molecule has 0 aliphatic carbocycles. The van der Waals surface area contributed by atoms with Crippen LogP contribution in [0.1, 0.15) is 32.6 Å². The summed E-state index contributed by atoms with van der Waals surface area (Å²) >= 11 is 3.41. The number of halogens is 1. The van der Waals surface area contributed by atoms with Gasteiger partial charge in [0.2, 0.25) is 0 Å². The molecule has 0 radical (unpaired) electrons. The Hall–Kier alpha value is -0.0400. The summed E-state index contributed by atoms with van der Waals surface area (Å²) in [5.74, 6) is 0. The lowest BCUT2D eigenvalue weighted by atomic mass is 10.2. The monoisotopic (exact) mass is 216 g/mol. The molecule has 0 unspecified atom stereocenters. The fourth-order valence-electron chi connectivity index (χ4n) is 0.746. The molecule has 1 heteroatoms. The van der Waals surface area contributed by atoms with Crippen LogP contribution in [-0.4, -0.2) is 5.33 Å². The molecule has 11 heavy (non-hydrogen) atoms. The molecule has 0 aliphatic heterocycles. The molecule has 0 atom stereocenters. The van der Waals surface area contributed by atoms with E-state index < -0.39 is 0 Å². The Morgan fingerprint density at radius 3 is 2.45 bits per heavy atom. The zero-order valence-electron chi connectivity index (χ0n) is 7.22. The minimum atomic E-state index is 1.13. The first-order valence-electron chi connectivity index (χ1n) is 4.29. The van der Waals surface area contributed by atoms with Crippen molar-refractivity contribution >= 4 is 15.9 Å². The van der Waals surface area contributed by atoms with E-state index in [1.165, 1.54) is 19.3 Å². The summed E-state index contributed by atoms with van der Waals surface area (Å²) in [7, 11) is 0.